The number of amides is 1. The van der Waals surface area contributed by atoms with Crippen LogP contribution in [-0.4, -0.2) is 88.6 Å². The number of benzene rings is 1. The minimum Gasteiger partial charge on any atom is -0.497 e. The fraction of sp³-hybridized carbons (Fsp3) is 0.611. The highest BCUT2D eigenvalue weighted by Crippen LogP contribution is 2.21. The van der Waals surface area contributed by atoms with Crippen LogP contribution in [-0.2, 0) is 14.6 Å². The predicted octanol–water partition coefficient (Wildman–Crippen LogP) is 0.463. The van der Waals surface area contributed by atoms with Crippen LogP contribution < -0.4 is 9.64 Å². The van der Waals surface area contributed by atoms with E-state index < -0.39 is 9.84 Å². The lowest BCUT2D eigenvalue weighted by Crippen LogP contribution is -2.51. The van der Waals surface area contributed by atoms with Crippen molar-refractivity contribution in [2.24, 2.45) is 0 Å². The van der Waals surface area contributed by atoms with E-state index >= 15 is 0 Å². The standard InChI is InChI=1S/C18H27N3O4S/c1-19(16-7-12-26(23,24)14-16)18(22)13-20-8-10-21(11-9-20)15-3-5-17(25-2)6-4-15/h3-6,16H,7-14H2,1-2H3. The molecule has 2 fully saturated rings. The van der Waals surface area contributed by atoms with Gasteiger partial charge < -0.3 is 14.5 Å². The summed E-state index contributed by atoms with van der Waals surface area (Å²) in [5, 5.41) is 0. The molecule has 1 atom stereocenters. The Morgan fingerprint density at radius 3 is 2.38 bits per heavy atom. The summed E-state index contributed by atoms with van der Waals surface area (Å²) in [6.45, 7) is 3.70. The Morgan fingerprint density at radius 1 is 1.19 bits per heavy atom. The Labute approximate surface area is 155 Å². The number of carbonyl (C=O) groups is 1. The van der Waals surface area contributed by atoms with Crippen molar-refractivity contribution in [2.75, 3.05) is 63.3 Å². The van der Waals surface area contributed by atoms with Crippen molar-refractivity contribution in [3.05, 3.63) is 24.3 Å². The van der Waals surface area contributed by atoms with E-state index in [4.69, 9.17) is 4.74 Å². The summed E-state index contributed by atoms with van der Waals surface area (Å²) in [4.78, 5) is 18.6. The molecule has 2 aliphatic heterocycles. The van der Waals surface area contributed by atoms with Crippen molar-refractivity contribution in [3.8, 4) is 5.75 Å². The zero-order valence-corrected chi connectivity index (χ0v) is 16.2. The Hall–Kier alpha value is -1.80. The predicted molar refractivity (Wildman–Crippen MR) is 101 cm³/mol. The normalized spacial score (nSPS) is 23.0. The molecule has 144 valence electrons. The number of rotatable bonds is 5. The molecule has 0 saturated carbocycles. The first kappa shape index (κ1) is 19.0. The minimum atomic E-state index is -2.97. The Bertz CT molecular complexity index is 727. The van der Waals surface area contributed by atoms with Gasteiger partial charge in [0.15, 0.2) is 9.84 Å². The van der Waals surface area contributed by atoms with Gasteiger partial charge in [0, 0.05) is 45.0 Å². The molecule has 7 nitrogen and oxygen atoms in total. The summed E-state index contributed by atoms with van der Waals surface area (Å²) in [5.74, 6) is 1.14. The summed E-state index contributed by atoms with van der Waals surface area (Å²) in [5.41, 5.74) is 1.16. The van der Waals surface area contributed by atoms with Gasteiger partial charge in [-0.3, -0.25) is 9.69 Å². The molecule has 0 aliphatic carbocycles. The third kappa shape index (κ3) is 4.48. The highest BCUT2D eigenvalue weighted by Gasteiger charge is 2.33. The number of anilines is 1. The fourth-order valence-corrected chi connectivity index (χ4v) is 5.32. The van der Waals surface area contributed by atoms with Gasteiger partial charge in [-0.1, -0.05) is 0 Å². The van der Waals surface area contributed by atoms with Gasteiger partial charge in [-0.15, -0.1) is 0 Å². The first-order valence-electron chi connectivity index (χ1n) is 8.95. The van der Waals surface area contributed by atoms with Crippen LogP contribution in [0.5, 0.6) is 5.75 Å². The van der Waals surface area contributed by atoms with Gasteiger partial charge in [-0.25, -0.2) is 8.42 Å². The molecule has 2 aliphatic rings. The molecule has 1 aromatic rings. The number of hydrogen-bond acceptors (Lipinski definition) is 6. The Balaban J connectivity index is 1.48. The lowest BCUT2D eigenvalue weighted by molar-refractivity contribution is -0.132. The average Bonchev–Trinajstić information content (AvgIpc) is 3.01. The topological polar surface area (TPSA) is 70.2 Å². The Kier molecular flexibility index (Phi) is 5.72. The molecule has 1 aromatic carbocycles. The smallest absolute Gasteiger partial charge is 0.236 e. The van der Waals surface area contributed by atoms with E-state index in [1.54, 1.807) is 19.1 Å². The van der Waals surface area contributed by atoms with E-state index in [0.717, 1.165) is 37.6 Å². The lowest BCUT2D eigenvalue weighted by Gasteiger charge is -2.36. The third-order valence-electron chi connectivity index (χ3n) is 5.32. The number of sulfone groups is 1. The van der Waals surface area contributed by atoms with Crippen LogP contribution in [0.4, 0.5) is 5.69 Å². The summed E-state index contributed by atoms with van der Waals surface area (Å²) in [6, 6.07) is 7.83. The van der Waals surface area contributed by atoms with Crippen LogP contribution in [0, 0.1) is 0 Å². The van der Waals surface area contributed by atoms with Crippen molar-refractivity contribution in [2.45, 2.75) is 12.5 Å². The summed E-state index contributed by atoms with van der Waals surface area (Å²) >= 11 is 0. The SMILES string of the molecule is COc1ccc(N2CCN(CC(=O)N(C)C3CCS(=O)(=O)C3)CC2)cc1. The molecule has 0 spiro atoms. The molecular formula is C18H27N3O4S. The van der Waals surface area contributed by atoms with Crippen molar-refractivity contribution in [1.82, 2.24) is 9.80 Å². The molecule has 0 aromatic heterocycles. The Morgan fingerprint density at radius 2 is 1.85 bits per heavy atom. The number of piperazine rings is 1. The van der Waals surface area contributed by atoms with Crippen molar-refractivity contribution < 1.29 is 17.9 Å². The number of nitrogens with zero attached hydrogens (tertiary/aromatic N) is 3. The number of ether oxygens (including phenoxy) is 1. The molecular weight excluding hydrogens is 354 g/mol. The van der Waals surface area contributed by atoms with Crippen LogP contribution in [0.2, 0.25) is 0 Å². The summed E-state index contributed by atoms with van der Waals surface area (Å²) in [6.07, 6.45) is 0.551. The molecule has 8 heteroatoms. The van der Waals surface area contributed by atoms with Gasteiger partial charge in [0.25, 0.3) is 0 Å². The molecule has 0 radical (unpaired) electrons. The van der Waals surface area contributed by atoms with Crippen LogP contribution in [0.25, 0.3) is 0 Å². The quantitative estimate of drug-likeness (QED) is 0.738. The number of hydrogen-bond donors (Lipinski definition) is 0. The second-order valence-corrected chi connectivity index (χ2v) is 9.25. The number of methoxy groups -OCH3 is 1. The first-order valence-corrected chi connectivity index (χ1v) is 10.8. The van der Waals surface area contributed by atoms with Crippen LogP contribution in [0.1, 0.15) is 6.42 Å². The first-order chi connectivity index (χ1) is 12.4. The minimum absolute atomic E-state index is 0.00463. The van der Waals surface area contributed by atoms with Crippen LogP contribution in [0.15, 0.2) is 24.3 Å². The van der Waals surface area contributed by atoms with Gasteiger partial charge in [0.1, 0.15) is 5.75 Å². The van der Waals surface area contributed by atoms with Gasteiger partial charge in [-0.2, -0.15) is 0 Å². The van der Waals surface area contributed by atoms with E-state index in [1.807, 2.05) is 24.3 Å². The van der Waals surface area contributed by atoms with Crippen LogP contribution >= 0.6 is 0 Å². The molecule has 26 heavy (non-hydrogen) atoms. The second-order valence-electron chi connectivity index (χ2n) is 7.02. The largest absolute Gasteiger partial charge is 0.497 e. The van der Waals surface area contributed by atoms with Gasteiger partial charge in [0.05, 0.1) is 25.2 Å². The number of likely N-dealkylation sites (N-methyl/N-ethyl adjacent to an activating group) is 1. The van der Waals surface area contributed by atoms with Crippen molar-refractivity contribution >= 4 is 21.4 Å². The molecule has 0 bridgehead atoms. The zero-order chi connectivity index (χ0) is 18.7. The maximum absolute atomic E-state index is 12.5. The molecule has 1 amide bonds. The zero-order valence-electron chi connectivity index (χ0n) is 15.4. The highest BCUT2D eigenvalue weighted by atomic mass is 32.2. The van der Waals surface area contributed by atoms with E-state index in [0.29, 0.717) is 13.0 Å². The third-order valence-corrected chi connectivity index (χ3v) is 7.07. The van der Waals surface area contributed by atoms with Gasteiger partial charge >= 0.3 is 0 Å². The van der Waals surface area contributed by atoms with Gasteiger partial charge in [0.2, 0.25) is 5.91 Å². The molecule has 2 heterocycles. The fourth-order valence-electron chi connectivity index (χ4n) is 3.54. The van der Waals surface area contributed by atoms with E-state index in [-0.39, 0.29) is 23.5 Å². The summed E-state index contributed by atoms with van der Waals surface area (Å²) in [7, 11) is 0.406. The molecule has 1 unspecified atom stereocenters. The molecule has 2 saturated heterocycles. The van der Waals surface area contributed by atoms with Crippen molar-refractivity contribution in [1.29, 1.82) is 0 Å². The lowest BCUT2D eigenvalue weighted by atomic mass is 10.2. The monoisotopic (exact) mass is 381 g/mol. The molecule has 3 rings (SSSR count). The maximum atomic E-state index is 12.5. The average molecular weight is 381 g/mol. The van der Waals surface area contributed by atoms with Crippen molar-refractivity contribution in [3.63, 3.8) is 0 Å². The second kappa shape index (κ2) is 7.84. The highest BCUT2D eigenvalue weighted by molar-refractivity contribution is 7.91. The van der Waals surface area contributed by atoms with Crippen LogP contribution in [0.3, 0.4) is 0 Å². The molecule has 0 N–H and O–H groups in total. The van der Waals surface area contributed by atoms with E-state index in [9.17, 15) is 13.2 Å². The van der Waals surface area contributed by atoms with Gasteiger partial charge in [-0.05, 0) is 30.7 Å². The summed E-state index contributed by atoms with van der Waals surface area (Å²) < 4.78 is 28.4. The number of carbonyl (C=O) groups excluding carboxylic acids is 1. The van der Waals surface area contributed by atoms with E-state index in [1.165, 1.54) is 0 Å². The maximum Gasteiger partial charge on any atom is 0.236 e. The van der Waals surface area contributed by atoms with E-state index in [2.05, 4.69) is 9.80 Å².